The quantitative estimate of drug-likeness (QED) is 0.186. The summed E-state index contributed by atoms with van der Waals surface area (Å²) < 4.78 is 12.6. The van der Waals surface area contributed by atoms with Crippen molar-refractivity contribution >= 4 is 45.7 Å². The summed E-state index contributed by atoms with van der Waals surface area (Å²) in [6.07, 6.45) is 9.90. The Bertz CT molecular complexity index is 2930. The van der Waals surface area contributed by atoms with Crippen LogP contribution in [0.15, 0.2) is 125 Å². The summed E-state index contributed by atoms with van der Waals surface area (Å²) in [6.45, 7) is 8.04. The molecule has 0 N–H and O–H groups in total. The van der Waals surface area contributed by atoms with Gasteiger partial charge in [-0.25, -0.2) is 9.97 Å². The number of aromatic nitrogens is 2. The Morgan fingerprint density at radius 1 is 0.692 bits per heavy atom. The maximum absolute atomic E-state index is 9.36. The third kappa shape index (κ3) is 4.47. The first kappa shape index (κ1) is 30.3. The first-order valence-corrected chi connectivity index (χ1v) is 17.9. The zero-order chi connectivity index (χ0) is 35.0. The minimum atomic E-state index is 0.142. The first-order valence-electron chi connectivity index (χ1n) is 17.9. The molecule has 5 aromatic carbocycles. The molecule has 3 heterocycles. The van der Waals surface area contributed by atoms with E-state index in [4.69, 9.17) is 18.8 Å². The largest absolute Gasteiger partial charge is 0.456 e. The topological polar surface area (TPSA) is 75.8 Å². The van der Waals surface area contributed by atoms with Gasteiger partial charge in [-0.2, -0.15) is 5.26 Å². The zero-order valence-corrected chi connectivity index (χ0v) is 28.6. The van der Waals surface area contributed by atoms with Gasteiger partial charge in [0.1, 0.15) is 27.8 Å². The van der Waals surface area contributed by atoms with Crippen LogP contribution in [0.1, 0.15) is 48.8 Å². The summed E-state index contributed by atoms with van der Waals surface area (Å²) in [5.41, 5.74) is 14.5. The molecule has 0 unspecified atom stereocenters. The Morgan fingerprint density at radius 3 is 2.13 bits per heavy atom. The van der Waals surface area contributed by atoms with E-state index in [2.05, 4.69) is 86.0 Å². The van der Waals surface area contributed by atoms with E-state index in [1.54, 1.807) is 18.2 Å². The van der Waals surface area contributed by atoms with Crippen LogP contribution in [-0.4, -0.2) is 9.97 Å². The second kappa shape index (κ2) is 11.5. The van der Waals surface area contributed by atoms with Crippen LogP contribution >= 0.6 is 0 Å². The Hall–Kier alpha value is -6.51. The molecule has 5 nitrogen and oxygen atoms in total. The fraction of sp³-hybridized carbons (Fsp3) is 0.128. The third-order valence-electron chi connectivity index (χ3n) is 11.3. The van der Waals surface area contributed by atoms with E-state index in [1.807, 2.05) is 30.3 Å². The molecule has 1 spiro atoms. The van der Waals surface area contributed by atoms with E-state index >= 15 is 0 Å². The average Bonchev–Trinajstić information content (AvgIpc) is 3.81. The molecule has 0 radical (unpaired) electrons. The standard InChI is InChI=1S/C47H33N3O2/c1-3-9-34-28(2)51-45-43(49-46(50-44(34)45)30-14-12-29(27-48)13-15-30)33-18-21-42-38(26-33)37-25-32(17-20-41(37)52-42)31-16-19-40-36(24-31)35-10-5-6-11-39(35)47(40)22-7-4-8-23-47/h3,5-6,9-21,24-26H,1-2,4,7-8,22-23H2/b34-9+. The van der Waals surface area contributed by atoms with Crippen molar-refractivity contribution < 1.29 is 8.83 Å². The molecule has 1 fully saturated rings. The fourth-order valence-corrected chi connectivity index (χ4v) is 8.79. The number of allylic oxidation sites excluding steroid dienone is 1. The number of benzene rings is 5. The van der Waals surface area contributed by atoms with Crippen molar-refractivity contribution in [1.29, 1.82) is 5.26 Å². The van der Waals surface area contributed by atoms with Crippen molar-refractivity contribution in [3.63, 3.8) is 0 Å². The van der Waals surface area contributed by atoms with Crippen LogP contribution < -0.4 is 10.6 Å². The lowest BCUT2D eigenvalue weighted by molar-refractivity contribution is 0.353. The van der Waals surface area contributed by atoms with Crippen LogP contribution in [0.4, 0.5) is 0 Å². The van der Waals surface area contributed by atoms with Crippen molar-refractivity contribution in [1.82, 2.24) is 9.97 Å². The van der Waals surface area contributed by atoms with Gasteiger partial charge in [-0.1, -0.05) is 81.0 Å². The van der Waals surface area contributed by atoms with Crippen molar-refractivity contribution in [3.05, 3.63) is 143 Å². The summed E-state index contributed by atoms with van der Waals surface area (Å²) in [4.78, 5) is 9.96. The maximum Gasteiger partial charge on any atom is 0.180 e. The Kier molecular flexibility index (Phi) is 6.71. The molecule has 10 rings (SSSR count). The monoisotopic (exact) mass is 671 g/mol. The van der Waals surface area contributed by atoms with Crippen LogP contribution in [0.2, 0.25) is 0 Å². The van der Waals surface area contributed by atoms with Gasteiger partial charge in [0.25, 0.3) is 0 Å². The van der Waals surface area contributed by atoms with Crippen molar-refractivity contribution in [3.8, 4) is 51.0 Å². The van der Waals surface area contributed by atoms with Gasteiger partial charge in [-0.05, 0) is 113 Å². The molecule has 0 aliphatic heterocycles. The van der Waals surface area contributed by atoms with Gasteiger partial charge >= 0.3 is 0 Å². The Labute approximate surface area is 300 Å². The minimum absolute atomic E-state index is 0.142. The van der Waals surface area contributed by atoms with Gasteiger partial charge in [0.05, 0.1) is 11.6 Å². The molecule has 0 bridgehead atoms. The predicted octanol–water partition coefficient (Wildman–Crippen LogP) is 10.6. The molecule has 0 amide bonds. The molecular weight excluding hydrogens is 639 g/mol. The molecule has 8 aromatic rings. The SMILES string of the molecule is C=C/C=c1\c(=C)oc2c(-c3ccc4oc5ccc(-c6ccc7c(c6)-c6ccccc6C76CCCCC6)cc5c4c3)nc(-c3ccc(C#N)cc3)nc12. The molecule has 2 aliphatic carbocycles. The second-order valence-electron chi connectivity index (χ2n) is 14.1. The molecule has 248 valence electrons. The number of hydrogen-bond acceptors (Lipinski definition) is 5. The summed E-state index contributed by atoms with van der Waals surface area (Å²) in [5, 5.41) is 12.1. The molecule has 0 saturated heterocycles. The van der Waals surface area contributed by atoms with Crippen molar-refractivity contribution in [2.75, 3.05) is 0 Å². The molecule has 3 aromatic heterocycles. The van der Waals surface area contributed by atoms with Gasteiger partial charge in [0.15, 0.2) is 11.4 Å². The summed E-state index contributed by atoms with van der Waals surface area (Å²) in [5.74, 6) is 0.527. The highest BCUT2D eigenvalue weighted by Gasteiger charge is 2.43. The van der Waals surface area contributed by atoms with Gasteiger partial charge in [0.2, 0.25) is 0 Å². The maximum atomic E-state index is 9.36. The van der Waals surface area contributed by atoms with Gasteiger partial charge in [0, 0.05) is 32.5 Å². The van der Waals surface area contributed by atoms with Crippen molar-refractivity contribution in [2.24, 2.45) is 0 Å². The Balaban J connectivity index is 1.13. The first-order chi connectivity index (χ1) is 25.5. The zero-order valence-electron chi connectivity index (χ0n) is 28.6. The number of nitriles is 1. The highest BCUT2D eigenvalue weighted by Crippen LogP contribution is 2.56. The summed E-state index contributed by atoms with van der Waals surface area (Å²) in [6, 6.07) is 38.3. The van der Waals surface area contributed by atoms with E-state index in [9.17, 15) is 5.26 Å². The number of furan rings is 2. The highest BCUT2D eigenvalue weighted by molar-refractivity contribution is 6.08. The third-order valence-corrected chi connectivity index (χ3v) is 11.3. The highest BCUT2D eigenvalue weighted by atomic mass is 16.3. The molecule has 52 heavy (non-hydrogen) atoms. The van der Waals surface area contributed by atoms with E-state index in [1.165, 1.54) is 59.9 Å². The molecule has 2 aliphatic rings. The number of nitrogens with zero attached hydrogens (tertiary/aromatic N) is 3. The van der Waals surface area contributed by atoms with Gasteiger partial charge < -0.3 is 8.83 Å². The van der Waals surface area contributed by atoms with Crippen LogP contribution in [0.3, 0.4) is 0 Å². The summed E-state index contributed by atoms with van der Waals surface area (Å²) in [7, 11) is 0. The lowest BCUT2D eigenvalue weighted by Gasteiger charge is -2.36. The minimum Gasteiger partial charge on any atom is -0.456 e. The number of hydrogen-bond donors (Lipinski definition) is 0. The number of fused-ring (bicyclic) bond motifs is 9. The van der Waals surface area contributed by atoms with Gasteiger partial charge in [-0.3, -0.25) is 0 Å². The molecule has 5 heteroatoms. The number of rotatable bonds is 4. The summed E-state index contributed by atoms with van der Waals surface area (Å²) >= 11 is 0. The van der Waals surface area contributed by atoms with Crippen LogP contribution in [0.5, 0.6) is 0 Å². The fourth-order valence-electron chi connectivity index (χ4n) is 8.79. The smallest absolute Gasteiger partial charge is 0.180 e. The van der Waals surface area contributed by atoms with E-state index in [0.717, 1.165) is 43.8 Å². The Morgan fingerprint density at radius 2 is 1.37 bits per heavy atom. The van der Waals surface area contributed by atoms with Crippen molar-refractivity contribution in [2.45, 2.75) is 37.5 Å². The van der Waals surface area contributed by atoms with E-state index in [0.29, 0.717) is 33.6 Å². The lowest BCUT2D eigenvalue weighted by Crippen LogP contribution is -2.27. The van der Waals surface area contributed by atoms with Gasteiger partial charge in [-0.15, -0.1) is 0 Å². The average molecular weight is 672 g/mol. The second-order valence-corrected chi connectivity index (χ2v) is 14.1. The van der Waals surface area contributed by atoms with Crippen LogP contribution in [0, 0.1) is 11.3 Å². The normalized spacial score (nSPS) is 14.9. The molecule has 0 atom stereocenters. The molecular formula is C47H33N3O2. The van der Waals surface area contributed by atoms with Crippen LogP contribution in [0.25, 0.3) is 90.6 Å². The molecule has 1 saturated carbocycles. The predicted molar refractivity (Wildman–Crippen MR) is 209 cm³/mol. The van der Waals surface area contributed by atoms with Crippen LogP contribution in [-0.2, 0) is 5.41 Å². The van der Waals surface area contributed by atoms with E-state index in [-0.39, 0.29) is 5.41 Å². The lowest BCUT2D eigenvalue weighted by atomic mass is 9.68. The van der Waals surface area contributed by atoms with E-state index < -0.39 is 0 Å².